The second-order valence-corrected chi connectivity index (χ2v) is 5.13. The van der Waals surface area contributed by atoms with Gasteiger partial charge in [0.25, 0.3) is 0 Å². The Kier molecular flexibility index (Phi) is 3.70. The summed E-state index contributed by atoms with van der Waals surface area (Å²) in [6.45, 7) is 0.754. The van der Waals surface area contributed by atoms with Crippen LogP contribution in [-0.2, 0) is 12.8 Å². The first-order chi connectivity index (χ1) is 9.74. The van der Waals surface area contributed by atoms with Gasteiger partial charge in [-0.1, -0.05) is 24.3 Å². The van der Waals surface area contributed by atoms with Crippen molar-refractivity contribution in [3.63, 3.8) is 0 Å². The van der Waals surface area contributed by atoms with Crippen molar-refractivity contribution in [1.82, 2.24) is 0 Å². The van der Waals surface area contributed by atoms with E-state index in [0.717, 1.165) is 36.3 Å². The lowest BCUT2D eigenvalue weighted by Crippen LogP contribution is -2.10. The normalized spacial score (nSPS) is 15.3. The van der Waals surface area contributed by atoms with Crippen molar-refractivity contribution in [3.05, 3.63) is 65.0 Å². The third-order valence-electron chi connectivity index (χ3n) is 3.69. The van der Waals surface area contributed by atoms with E-state index in [1.165, 1.54) is 6.07 Å². The Bertz CT molecular complexity index is 610. The Morgan fingerprint density at radius 3 is 2.90 bits per heavy atom. The number of rotatable bonds is 3. The average molecular weight is 272 g/mol. The molecule has 0 aromatic heterocycles. The van der Waals surface area contributed by atoms with Crippen molar-refractivity contribution < 1.29 is 14.2 Å². The van der Waals surface area contributed by atoms with Crippen LogP contribution in [0.4, 0.5) is 4.39 Å². The fourth-order valence-electron chi connectivity index (χ4n) is 2.58. The average Bonchev–Trinajstić information content (AvgIpc) is 2.49. The predicted molar refractivity (Wildman–Crippen MR) is 75.3 cm³/mol. The summed E-state index contributed by atoms with van der Waals surface area (Å²) in [6.07, 6.45) is 1.56. The van der Waals surface area contributed by atoms with Crippen molar-refractivity contribution in [2.45, 2.75) is 25.4 Å². The van der Waals surface area contributed by atoms with Gasteiger partial charge in [0.15, 0.2) is 0 Å². The second kappa shape index (κ2) is 5.63. The molecule has 1 aliphatic rings. The van der Waals surface area contributed by atoms with Crippen LogP contribution in [0, 0.1) is 5.82 Å². The monoisotopic (exact) mass is 272 g/mol. The standard InChI is InChI=1S/C17H17FO2/c18-15-6-2-1-4-12(15)11-16(19)13-7-8-17-14(10-13)5-3-9-20-17/h1-2,4,6-8,10,16,19H,3,5,9,11H2. The van der Waals surface area contributed by atoms with E-state index < -0.39 is 6.10 Å². The van der Waals surface area contributed by atoms with Crippen LogP contribution >= 0.6 is 0 Å². The van der Waals surface area contributed by atoms with Gasteiger partial charge in [0, 0.05) is 6.42 Å². The van der Waals surface area contributed by atoms with E-state index in [4.69, 9.17) is 4.74 Å². The highest BCUT2D eigenvalue weighted by atomic mass is 19.1. The van der Waals surface area contributed by atoms with Crippen molar-refractivity contribution in [3.8, 4) is 5.75 Å². The third-order valence-corrected chi connectivity index (χ3v) is 3.69. The largest absolute Gasteiger partial charge is 0.493 e. The van der Waals surface area contributed by atoms with E-state index in [0.29, 0.717) is 5.56 Å². The van der Waals surface area contributed by atoms with Crippen LogP contribution in [0.2, 0.25) is 0 Å². The molecule has 1 unspecified atom stereocenters. The Morgan fingerprint density at radius 2 is 2.05 bits per heavy atom. The van der Waals surface area contributed by atoms with Crippen LogP contribution in [0.1, 0.15) is 29.2 Å². The summed E-state index contributed by atoms with van der Waals surface area (Å²) in [5.41, 5.74) is 2.48. The van der Waals surface area contributed by atoms with Gasteiger partial charge < -0.3 is 9.84 Å². The summed E-state index contributed by atoms with van der Waals surface area (Å²) in [5.74, 6) is 0.630. The van der Waals surface area contributed by atoms with E-state index in [9.17, 15) is 9.50 Å². The molecule has 0 saturated carbocycles. The lowest BCUT2D eigenvalue weighted by atomic mass is 9.97. The van der Waals surface area contributed by atoms with Gasteiger partial charge in [-0.15, -0.1) is 0 Å². The Balaban J connectivity index is 1.80. The zero-order valence-corrected chi connectivity index (χ0v) is 11.2. The van der Waals surface area contributed by atoms with Gasteiger partial charge in [0.05, 0.1) is 12.7 Å². The molecule has 0 radical (unpaired) electrons. The smallest absolute Gasteiger partial charge is 0.126 e. The van der Waals surface area contributed by atoms with Crippen LogP contribution < -0.4 is 4.74 Å². The minimum atomic E-state index is -0.695. The van der Waals surface area contributed by atoms with Crippen LogP contribution in [0.3, 0.4) is 0 Å². The van der Waals surface area contributed by atoms with Gasteiger partial charge in [-0.3, -0.25) is 0 Å². The Hall–Kier alpha value is -1.87. The molecule has 104 valence electrons. The summed E-state index contributed by atoms with van der Waals surface area (Å²) in [5, 5.41) is 10.3. The molecule has 1 N–H and O–H groups in total. The number of ether oxygens (including phenoxy) is 1. The fraction of sp³-hybridized carbons (Fsp3) is 0.294. The molecule has 2 aromatic rings. The van der Waals surface area contributed by atoms with Gasteiger partial charge in [0.1, 0.15) is 11.6 Å². The highest BCUT2D eigenvalue weighted by Crippen LogP contribution is 2.29. The van der Waals surface area contributed by atoms with E-state index in [-0.39, 0.29) is 12.2 Å². The van der Waals surface area contributed by atoms with Crippen molar-refractivity contribution in [2.75, 3.05) is 6.61 Å². The summed E-state index contributed by atoms with van der Waals surface area (Å²) >= 11 is 0. The van der Waals surface area contributed by atoms with E-state index in [1.54, 1.807) is 18.2 Å². The molecule has 0 fully saturated rings. The maximum atomic E-state index is 13.6. The second-order valence-electron chi connectivity index (χ2n) is 5.13. The van der Waals surface area contributed by atoms with Gasteiger partial charge in [0.2, 0.25) is 0 Å². The molecule has 3 heteroatoms. The van der Waals surface area contributed by atoms with Crippen molar-refractivity contribution >= 4 is 0 Å². The summed E-state index contributed by atoms with van der Waals surface area (Å²) < 4.78 is 19.2. The molecule has 3 rings (SSSR count). The first-order valence-electron chi connectivity index (χ1n) is 6.91. The summed E-state index contributed by atoms with van der Waals surface area (Å²) in [4.78, 5) is 0. The minimum Gasteiger partial charge on any atom is -0.493 e. The molecular formula is C17H17FO2. The molecule has 0 amide bonds. The number of fused-ring (bicyclic) bond motifs is 1. The van der Waals surface area contributed by atoms with Gasteiger partial charge in [-0.05, 0) is 47.7 Å². The molecule has 1 aliphatic heterocycles. The van der Waals surface area contributed by atoms with Gasteiger partial charge >= 0.3 is 0 Å². The molecule has 20 heavy (non-hydrogen) atoms. The molecule has 0 aliphatic carbocycles. The first kappa shape index (κ1) is 13.1. The minimum absolute atomic E-state index is 0.271. The summed E-state index contributed by atoms with van der Waals surface area (Å²) in [7, 11) is 0. The van der Waals surface area contributed by atoms with E-state index in [2.05, 4.69) is 0 Å². The lowest BCUT2D eigenvalue weighted by Gasteiger charge is -2.19. The third kappa shape index (κ3) is 2.68. The first-order valence-corrected chi connectivity index (χ1v) is 6.91. The maximum Gasteiger partial charge on any atom is 0.126 e. The van der Waals surface area contributed by atoms with Crippen LogP contribution in [-0.4, -0.2) is 11.7 Å². The molecule has 1 atom stereocenters. The van der Waals surface area contributed by atoms with Crippen LogP contribution in [0.5, 0.6) is 5.75 Å². The number of hydrogen-bond donors (Lipinski definition) is 1. The molecular weight excluding hydrogens is 255 g/mol. The van der Waals surface area contributed by atoms with Crippen LogP contribution in [0.25, 0.3) is 0 Å². The van der Waals surface area contributed by atoms with Gasteiger partial charge in [-0.25, -0.2) is 4.39 Å². The predicted octanol–water partition coefficient (Wildman–Crippen LogP) is 3.43. The Labute approximate surface area is 117 Å². The molecule has 1 heterocycles. The topological polar surface area (TPSA) is 29.5 Å². The zero-order chi connectivity index (χ0) is 13.9. The number of halogens is 1. The van der Waals surface area contributed by atoms with E-state index in [1.807, 2.05) is 18.2 Å². The van der Waals surface area contributed by atoms with Crippen LogP contribution in [0.15, 0.2) is 42.5 Å². The fourth-order valence-corrected chi connectivity index (χ4v) is 2.58. The van der Waals surface area contributed by atoms with Crippen molar-refractivity contribution in [1.29, 1.82) is 0 Å². The van der Waals surface area contributed by atoms with Crippen molar-refractivity contribution in [2.24, 2.45) is 0 Å². The molecule has 0 spiro atoms. The van der Waals surface area contributed by atoms with E-state index >= 15 is 0 Å². The number of benzene rings is 2. The SMILES string of the molecule is OC(Cc1ccccc1F)c1ccc2c(c1)CCCO2. The summed E-state index contributed by atoms with van der Waals surface area (Å²) in [6, 6.07) is 12.3. The molecule has 2 nitrogen and oxygen atoms in total. The zero-order valence-electron chi connectivity index (χ0n) is 11.2. The number of aliphatic hydroxyl groups excluding tert-OH is 1. The highest BCUT2D eigenvalue weighted by Gasteiger charge is 2.15. The number of aliphatic hydroxyl groups is 1. The van der Waals surface area contributed by atoms with Gasteiger partial charge in [-0.2, -0.15) is 0 Å². The quantitative estimate of drug-likeness (QED) is 0.927. The number of aryl methyl sites for hydroxylation is 1. The maximum absolute atomic E-state index is 13.6. The highest BCUT2D eigenvalue weighted by molar-refractivity contribution is 5.39. The molecule has 0 saturated heterocycles. The molecule has 0 bridgehead atoms. The molecule has 2 aromatic carbocycles. The Morgan fingerprint density at radius 1 is 1.20 bits per heavy atom. The number of hydrogen-bond acceptors (Lipinski definition) is 2. The lowest BCUT2D eigenvalue weighted by molar-refractivity contribution is 0.176.